The van der Waals surface area contributed by atoms with E-state index in [0.29, 0.717) is 16.8 Å². The van der Waals surface area contributed by atoms with Gasteiger partial charge in [-0.15, -0.1) is 0 Å². The number of nitrogens with two attached hydrogens (primary N) is 1. The van der Waals surface area contributed by atoms with Crippen molar-refractivity contribution in [3.05, 3.63) is 54.5 Å². The fourth-order valence-corrected chi connectivity index (χ4v) is 5.18. The molecule has 4 aromatic heterocycles. The molecular weight excluding hydrogens is 413 g/mol. The first-order valence-corrected chi connectivity index (χ1v) is 11.1. The van der Waals surface area contributed by atoms with Gasteiger partial charge in [0.15, 0.2) is 5.82 Å². The largest absolute Gasteiger partial charge is 0.396 e. The minimum atomic E-state index is -0.361. The first kappa shape index (κ1) is 20.0. The van der Waals surface area contributed by atoms with Crippen LogP contribution in [-0.2, 0) is 0 Å². The van der Waals surface area contributed by atoms with Gasteiger partial charge in [0.1, 0.15) is 10.5 Å². The number of piperidine rings is 1. The number of hydrogen-bond donors (Lipinski definition) is 1. The topological polar surface area (TPSA) is 77.3 Å². The smallest absolute Gasteiger partial charge is 0.155 e. The maximum absolute atomic E-state index is 14.3. The highest BCUT2D eigenvalue weighted by Crippen LogP contribution is 2.37. The fourth-order valence-electron chi connectivity index (χ4n) is 4.20. The molecule has 31 heavy (non-hydrogen) atoms. The van der Waals surface area contributed by atoms with Gasteiger partial charge in [-0.2, -0.15) is 10.2 Å². The van der Waals surface area contributed by atoms with E-state index < -0.39 is 0 Å². The van der Waals surface area contributed by atoms with E-state index in [2.05, 4.69) is 33.6 Å². The number of pyridine rings is 2. The number of nitrogen functional groups attached to an aromatic ring is 1. The maximum atomic E-state index is 14.3. The van der Waals surface area contributed by atoms with E-state index in [1.165, 1.54) is 17.8 Å². The summed E-state index contributed by atoms with van der Waals surface area (Å²) in [7, 11) is 2.16. The molecule has 0 saturated carbocycles. The van der Waals surface area contributed by atoms with Crippen LogP contribution in [0.4, 0.5) is 10.1 Å². The lowest BCUT2D eigenvalue weighted by molar-refractivity contribution is 0.210. The van der Waals surface area contributed by atoms with E-state index in [-0.39, 0.29) is 5.82 Å². The maximum Gasteiger partial charge on any atom is 0.155 e. The summed E-state index contributed by atoms with van der Waals surface area (Å²) in [5.41, 5.74) is 10.6. The Hall–Kier alpha value is -2.91. The van der Waals surface area contributed by atoms with Gasteiger partial charge in [-0.1, -0.05) is 11.8 Å². The number of anilines is 1. The number of fused-ring (bicyclic) bond motifs is 1. The van der Waals surface area contributed by atoms with Gasteiger partial charge in [0.25, 0.3) is 0 Å². The SMILES string of the molecule is Cc1c(-c2cc(Sc3ncccc3F)c3c(N)cnn3c2)cnn1C1CCN(C)CC1. The van der Waals surface area contributed by atoms with Crippen LogP contribution in [0.2, 0.25) is 0 Å². The van der Waals surface area contributed by atoms with Crippen molar-refractivity contribution in [2.45, 2.75) is 35.7 Å². The molecule has 9 heteroatoms. The second-order valence-electron chi connectivity index (χ2n) is 8.00. The lowest BCUT2D eigenvalue weighted by Crippen LogP contribution is -2.32. The second-order valence-corrected chi connectivity index (χ2v) is 9.03. The Morgan fingerprint density at radius 2 is 2.00 bits per heavy atom. The molecule has 0 atom stereocenters. The minimum Gasteiger partial charge on any atom is -0.396 e. The first-order chi connectivity index (χ1) is 15.0. The summed E-state index contributed by atoms with van der Waals surface area (Å²) in [6.45, 7) is 4.26. The van der Waals surface area contributed by atoms with Crippen molar-refractivity contribution >= 4 is 23.0 Å². The van der Waals surface area contributed by atoms with Crippen LogP contribution in [0.1, 0.15) is 24.6 Å². The normalized spacial score (nSPS) is 15.7. The van der Waals surface area contributed by atoms with Crippen molar-refractivity contribution in [3.8, 4) is 11.1 Å². The number of likely N-dealkylation sites (tertiary alicyclic amines) is 1. The fraction of sp³-hybridized carbons (Fsp3) is 0.318. The minimum absolute atomic E-state index is 0.306. The summed E-state index contributed by atoms with van der Waals surface area (Å²) < 4.78 is 18.2. The highest BCUT2D eigenvalue weighted by molar-refractivity contribution is 7.99. The van der Waals surface area contributed by atoms with Gasteiger partial charge in [-0.05, 0) is 58.1 Å². The monoisotopic (exact) mass is 437 g/mol. The molecule has 1 saturated heterocycles. The van der Waals surface area contributed by atoms with Crippen molar-refractivity contribution in [1.82, 2.24) is 29.3 Å². The molecule has 0 amide bonds. The number of halogens is 1. The van der Waals surface area contributed by atoms with Crippen molar-refractivity contribution in [2.24, 2.45) is 0 Å². The van der Waals surface area contributed by atoms with Crippen LogP contribution in [-0.4, -0.2) is 49.4 Å². The van der Waals surface area contributed by atoms with Crippen LogP contribution in [0, 0.1) is 12.7 Å². The quantitative estimate of drug-likeness (QED) is 0.519. The summed E-state index contributed by atoms with van der Waals surface area (Å²) >= 11 is 1.25. The summed E-state index contributed by atoms with van der Waals surface area (Å²) in [6, 6.07) is 5.42. The van der Waals surface area contributed by atoms with Gasteiger partial charge in [0.2, 0.25) is 0 Å². The van der Waals surface area contributed by atoms with Crippen molar-refractivity contribution in [1.29, 1.82) is 0 Å². The zero-order valence-corrected chi connectivity index (χ0v) is 18.3. The van der Waals surface area contributed by atoms with E-state index in [0.717, 1.165) is 53.2 Å². The molecule has 0 unspecified atom stereocenters. The Morgan fingerprint density at radius 3 is 2.77 bits per heavy atom. The molecule has 7 nitrogen and oxygen atoms in total. The van der Waals surface area contributed by atoms with Crippen LogP contribution in [0.5, 0.6) is 0 Å². The van der Waals surface area contributed by atoms with Crippen LogP contribution in [0.25, 0.3) is 16.6 Å². The molecule has 0 radical (unpaired) electrons. The van der Waals surface area contributed by atoms with Gasteiger partial charge >= 0.3 is 0 Å². The van der Waals surface area contributed by atoms with E-state index >= 15 is 0 Å². The lowest BCUT2D eigenvalue weighted by Gasteiger charge is -2.29. The lowest BCUT2D eigenvalue weighted by atomic mass is 10.0. The van der Waals surface area contributed by atoms with Gasteiger partial charge in [0.05, 0.1) is 24.1 Å². The van der Waals surface area contributed by atoms with Crippen LogP contribution in [0.15, 0.2) is 52.9 Å². The molecule has 2 N–H and O–H groups in total. The first-order valence-electron chi connectivity index (χ1n) is 10.3. The molecule has 0 bridgehead atoms. The molecule has 0 spiro atoms. The molecule has 1 aliphatic heterocycles. The second kappa shape index (κ2) is 7.97. The Kier molecular flexibility index (Phi) is 5.15. The number of nitrogens with zero attached hydrogens (tertiary/aromatic N) is 6. The van der Waals surface area contributed by atoms with Gasteiger partial charge in [-0.3, -0.25) is 4.68 Å². The Bertz CT molecular complexity index is 1240. The molecule has 1 aliphatic rings. The van der Waals surface area contributed by atoms with Crippen molar-refractivity contribution < 1.29 is 4.39 Å². The molecule has 160 valence electrons. The highest BCUT2D eigenvalue weighted by atomic mass is 32.2. The molecular formula is C22H24FN7S. The zero-order valence-electron chi connectivity index (χ0n) is 17.5. The Balaban J connectivity index is 1.56. The molecule has 4 aromatic rings. The van der Waals surface area contributed by atoms with Crippen LogP contribution >= 0.6 is 11.8 Å². The molecule has 5 rings (SSSR count). The predicted molar refractivity (Wildman–Crippen MR) is 120 cm³/mol. The third-order valence-corrected chi connectivity index (χ3v) is 6.95. The summed E-state index contributed by atoms with van der Waals surface area (Å²) in [6.07, 6.45) is 9.25. The number of aromatic nitrogens is 5. The Labute approximate surface area is 184 Å². The van der Waals surface area contributed by atoms with Gasteiger partial charge in [0, 0.05) is 34.1 Å². The van der Waals surface area contributed by atoms with Crippen molar-refractivity contribution in [2.75, 3.05) is 25.9 Å². The van der Waals surface area contributed by atoms with E-state index in [9.17, 15) is 4.39 Å². The summed E-state index contributed by atoms with van der Waals surface area (Å²) in [5.74, 6) is -0.361. The molecule has 5 heterocycles. The highest BCUT2D eigenvalue weighted by Gasteiger charge is 2.22. The predicted octanol–water partition coefficient (Wildman–Crippen LogP) is 4.04. The van der Waals surface area contributed by atoms with E-state index in [1.807, 2.05) is 18.5 Å². The summed E-state index contributed by atoms with van der Waals surface area (Å²) in [5, 5.41) is 9.42. The third kappa shape index (κ3) is 3.68. The van der Waals surface area contributed by atoms with Gasteiger partial charge < -0.3 is 10.6 Å². The zero-order chi connectivity index (χ0) is 21.5. The van der Waals surface area contributed by atoms with Crippen LogP contribution in [0.3, 0.4) is 0 Å². The Morgan fingerprint density at radius 1 is 1.19 bits per heavy atom. The standard InChI is InChI=1S/C22H24FN7S/c1-14-17(11-27-30(14)16-5-8-28(2)9-6-16)15-10-20(21-19(24)12-26-29(21)13-15)31-22-18(23)4-3-7-25-22/h3-4,7,10-13,16H,5-6,8-9,24H2,1-2H3. The van der Waals surface area contributed by atoms with Crippen LogP contribution < -0.4 is 5.73 Å². The summed E-state index contributed by atoms with van der Waals surface area (Å²) in [4.78, 5) is 7.34. The average molecular weight is 438 g/mol. The molecule has 1 fully saturated rings. The molecule has 0 aromatic carbocycles. The molecule has 0 aliphatic carbocycles. The van der Waals surface area contributed by atoms with Gasteiger partial charge in [-0.25, -0.2) is 13.9 Å². The average Bonchev–Trinajstić information content (AvgIpc) is 3.33. The van der Waals surface area contributed by atoms with E-state index in [4.69, 9.17) is 10.8 Å². The van der Waals surface area contributed by atoms with Crippen molar-refractivity contribution in [3.63, 3.8) is 0 Å². The number of hydrogen-bond acceptors (Lipinski definition) is 6. The van der Waals surface area contributed by atoms with E-state index in [1.54, 1.807) is 23.0 Å². The third-order valence-electron chi connectivity index (χ3n) is 5.93. The number of rotatable bonds is 4.